The molecule has 0 heterocycles. The second-order valence-electron chi connectivity index (χ2n) is 4.68. The Kier molecular flexibility index (Phi) is 6.54. The largest absolute Gasteiger partial charge is 0.508 e. The molecule has 4 nitrogen and oxygen atoms in total. The first-order valence-corrected chi connectivity index (χ1v) is 6.35. The molecular weight excluding hydrogens is 228 g/mol. The Hall–Kier alpha value is -1.26. The second kappa shape index (κ2) is 7.95. The van der Waals surface area contributed by atoms with Gasteiger partial charge in [0.1, 0.15) is 11.5 Å². The molecule has 0 radical (unpaired) electrons. The highest BCUT2D eigenvalue weighted by molar-refractivity contribution is 5.39. The van der Waals surface area contributed by atoms with Crippen LogP contribution in [0.4, 0.5) is 0 Å². The molecule has 1 aromatic rings. The molecule has 0 aliphatic carbocycles. The molecule has 1 aromatic carbocycles. The van der Waals surface area contributed by atoms with Crippen molar-refractivity contribution in [3.63, 3.8) is 0 Å². The molecular formula is C14H24N2O2. The summed E-state index contributed by atoms with van der Waals surface area (Å²) in [4.78, 5) is 2.19. The summed E-state index contributed by atoms with van der Waals surface area (Å²) in [6.07, 6.45) is 2.33. The number of hydrogen-bond donors (Lipinski definition) is 2. The van der Waals surface area contributed by atoms with Crippen LogP contribution in [0.3, 0.4) is 0 Å². The molecule has 18 heavy (non-hydrogen) atoms. The number of rotatable bonds is 8. The van der Waals surface area contributed by atoms with Crippen LogP contribution in [0.2, 0.25) is 0 Å². The Labute approximate surface area is 110 Å². The summed E-state index contributed by atoms with van der Waals surface area (Å²) in [7, 11) is 5.80. The smallest absolute Gasteiger partial charge is 0.120 e. The van der Waals surface area contributed by atoms with Crippen molar-refractivity contribution in [1.29, 1.82) is 0 Å². The predicted octanol–water partition coefficient (Wildman–Crippen LogP) is 1.83. The zero-order valence-corrected chi connectivity index (χ0v) is 11.6. The van der Waals surface area contributed by atoms with Crippen LogP contribution >= 0.6 is 0 Å². The maximum Gasteiger partial charge on any atom is 0.120 e. The number of aromatic hydroxyl groups is 1. The van der Waals surface area contributed by atoms with Gasteiger partial charge < -0.3 is 20.1 Å². The summed E-state index contributed by atoms with van der Waals surface area (Å²) in [6.45, 7) is 2.75. The molecule has 2 N–H and O–H groups in total. The van der Waals surface area contributed by atoms with Crippen molar-refractivity contribution in [2.45, 2.75) is 19.4 Å². The first-order valence-electron chi connectivity index (χ1n) is 6.35. The average Bonchev–Trinajstić information content (AvgIpc) is 2.35. The van der Waals surface area contributed by atoms with E-state index in [9.17, 15) is 5.11 Å². The molecule has 0 fully saturated rings. The van der Waals surface area contributed by atoms with E-state index < -0.39 is 0 Å². The van der Waals surface area contributed by atoms with Gasteiger partial charge in [-0.1, -0.05) is 0 Å². The van der Waals surface area contributed by atoms with E-state index in [1.165, 1.54) is 6.42 Å². The van der Waals surface area contributed by atoms with Gasteiger partial charge in [0.15, 0.2) is 0 Å². The Morgan fingerprint density at radius 3 is 2.72 bits per heavy atom. The number of nitrogens with one attached hydrogen (secondary N) is 1. The van der Waals surface area contributed by atoms with Crippen LogP contribution in [-0.4, -0.2) is 44.3 Å². The van der Waals surface area contributed by atoms with Crippen LogP contribution in [0.5, 0.6) is 11.5 Å². The van der Waals surface area contributed by atoms with Gasteiger partial charge in [-0.3, -0.25) is 0 Å². The van der Waals surface area contributed by atoms with E-state index in [1.54, 1.807) is 19.2 Å². The Bertz CT molecular complexity index is 354. The summed E-state index contributed by atoms with van der Waals surface area (Å²) in [6, 6.07) is 5.29. The van der Waals surface area contributed by atoms with Gasteiger partial charge in [0.25, 0.3) is 0 Å². The van der Waals surface area contributed by atoms with Gasteiger partial charge in [-0.2, -0.15) is 0 Å². The molecule has 0 atom stereocenters. The third-order valence-corrected chi connectivity index (χ3v) is 2.81. The standard InChI is InChI=1S/C14H24N2O2/c1-16(2)9-5-4-8-15-11-12-10-13(18-3)6-7-14(12)17/h6-7,10,15,17H,4-5,8-9,11H2,1-3H3. The number of phenols is 1. The lowest BCUT2D eigenvalue weighted by molar-refractivity contribution is 0.391. The monoisotopic (exact) mass is 252 g/mol. The van der Waals surface area contributed by atoms with Crippen molar-refractivity contribution >= 4 is 0 Å². The maximum absolute atomic E-state index is 9.70. The van der Waals surface area contributed by atoms with Crippen LogP contribution in [0, 0.1) is 0 Å². The van der Waals surface area contributed by atoms with Crippen LogP contribution < -0.4 is 10.1 Å². The number of ether oxygens (including phenoxy) is 1. The van der Waals surface area contributed by atoms with Crippen molar-refractivity contribution in [1.82, 2.24) is 10.2 Å². The van der Waals surface area contributed by atoms with Gasteiger partial charge in [-0.15, -0.1) is 0 Å². The molecule has 0 spiro atoms. The Morgan fingerprint density at radius 2 is 2.06 bits per heavy atom. The summed E-state index contributed by atoms with van der Waals surface area (Å²) in [5.74, 6) is 1.09. The first-order chi connectivity index (χ1) is 8.63. The average molecular weight is 252 g/mol. The molecule has 0 saturated carbocycles. The molecule has 1 rings (SSSR count). The van der Waals surface area contributed by atoms with Crippen LogP contribution in [-0.2, 0) is 6.54 Å². The number of unbranched alkanes of at least 4 members (excludes halogenated alkanes) is 1. The highest BCUT2D eigenvalue weighted by Gasteiger charge is 2.02. The molecule has 0 aliphatic heterocycles. The molecule has 0 saturated heterocycles. The molecule has 102 valence electrons. The predicted molar refractivity (Wildman–Crippen MR) is 74.2 cm³/mol. The fourth-order valence-electron chi connectivity index (χ4n) is 1.73. The minimum atomic E-state index is 0.316. The highest BCUT2D eigenvalue weighted by Crippen LogP contribution is 2.22. The normalized spacial score (nSPS) is 10.9. The van der Waals surface area contributed by atoms with Crippen molar-refractivity contribution < 1.29 is 9.84 Å². The molecule has 0 aliphatic rings. The highest BCUT2D eigenvalue weighted by atomic mass is 16.5. The van der Waals surface area contributed by atoms with E-state index in [1.807, 2.05) is 6.07 Å². The van der Waals surface area contributed by atoms with E-state index in [0.717, 1.165) is 30.8 Å². The van der Waals surface area contributed by atoms with E-state index >= 15 is 0 Å². The fourth-order valence-corrected chi connectivity index (χ4v) is 1.73. The van der Waals surface area contributed by atoms with Crippen LogP contribution in [0.1, 0.15) is 18.4 Å². The van der Waals surface area contributed by atoms with Gasteiger partial charge in [0.05, 0.1) is 7.11 Å². The summed E-state index contributed by atoms with van der Waals surface area (Å²) in [5, 5.41) is 13.0. The van der Waals surface area contributed by atoms with Crippen LogP contribution in [0.25, 0.3) is 0 Å². The van der Waals surface area contributed by atoms with Gasteiger partial charge >= 0.3 is 0 Å². The first kappa shape index (κ1) is 14.8. The second-order valence-corrected chi connectivity index (χ2v) is 4.68. The minimum absolute atomic E-state index is 0.316. The number of hydrogen-bond acceptors (Lipinski definition) is 4. The van der Waals surface area contributed by atoms with E-state index in [2.05, 4.69) is 24.3 Å². The molecule has 0 amide bonds. The molecule has 4 heteroatoms. The SMILES string of the molecule is COc1ccc(O)c(CNCCCCN(C)C)c1. The van der Waals surface area contributed by atoms with Crippen molar-refractivity contribution in [2.75, 3.05) is 34.3 Å². The summed E-state index contributed by atoms with van der Waals surface area (Å²) >= 11 is 0. The third-order valence-electron chi connectivity index (χ3n) is 2.81. The van der Waals surface area contributed by atoms with Gasteiger partial charge in [-0.05, 0) is 58.2 Å². The lowest BCUT2D eigenvalue weighted by Crippen LogP contribution is -2.18. The summed E-state index contributed by atoms with van der Waals surface area (Å²) < 4.78 is 5.14. The zero-order valence-electron chi connectivity index (χ0n) is 11.6. The quantitative estimate of drug-likeness (QED) is 0.693. The Morgan fingerprint density at radius 1 is 1.28 bits per heavy atom. The number of phenolic OH excluding ortho intramolecular Hbond substituents is 1. The lowest BCUT2D eigenvalue weighted by atomic mass is 10.2. The van der Waals surface area contributed by atoms with Crippen LogP contribution in [0.15, 0.2) is 18.2 Å². The Balaban J connectivity index is 2.26. The summed E-state index contributed by atoms with van der Waals surface area (Å²) in [5.41, 5.74) is 0.877. The molecule has 0 aromatic heterocycles. The minimum Gasteiger partial charge on any atom is -0.508 e. The zero-order chi connectivity index (χ0) is 13.4. The third kappa shape index (κ3) is 5.38. The van der Waals surface area contributed by atoms with Gasteiger partial charge in [-0.25, -0.2) is 0 Å². The molecule has 0 unspecified atom stereocenters. The van der Waals surface area contributed by atoms with Gasteiger partial charge in [0, 0.05) is 12.1 Å². The fraction of sp³-hybridized carbons (Fsp3) is 0.571. The van der Waals surface area contributed by atoms with E-state index in [-0.39, 0.29) is 0 Å². The number of methoxy groups -OCH3 is 1. The number of benzene rings is 1. The molecule has 0 bridgehead atoms. The number of nitrogens with zero attached hydrogens (tertiary/aromatic N) is 1. The topological polar surface area (TPSA) is 44.7 Å². The van der Waals surface area contributed by atoms with Crippen molar-refractivity contribution in [3.05, 3.63) is 23.8 Å². The van der Waals surface area contributed by atoms with E-state index in [4.69, 9.17) is 4.74 Å². The van der Waals surface area contributed by atoms with Crippen molar-refractivity contribution in [2.24, 2.45) is 0 Å². The maximum atomic E-state index is 9.70. The lowest BCUT2D eigenvalue weighted by Gasteiger charge is -2.10. The van der Waals surface area contributed by atoms with Crippen molar-refractivity contribution in [3.8, 4) is 11.5 Å². The van der Waals surface area contributed by atoms with E-state index in [0.29, 0.717) is 12.3 Å². The van der Waals surface area contributed by atoms with Gasteiger partial charge in [0.2, 0.25) is 0 Å².